The Hall–Kier alpha value is -1.52. The van der Waals surface area contributed by atoms with Crippen molar-refractivity contribution < 1.29 is 25.5 Å². The van der Waals surface area contributed by atoms with E-state index in [-0.39, 0.29) is 48.5 Å². The Kier molecular flexibility index (Phi) is 1.28. The Bertz CT molecular complexity index is 1030. The summed E-state index contributed by atoms with van der Waals surface area (Å²) in [5.74, 6) is -0.893. The van der Waals surface area contributed by atoms with Gasteiger partial charge in [0.1, 0.15) is 12.2 Å². The molecule has 4 heteroatoms. The summed E-state index contributed by atoms with van der Waals surface area (Å²) in [5, 5.41) is 4.68. The third-order valence-electron chi connectivity index (χ3n) is 5.31. The van der Waals surface area contributed by atoms with Gasteiger partial charge >= 0.3 is 0 Å². The monoisotopic (exact) mass is 308 g/mol. The number of benzene rings is 1. The Morgan fingerprint density at radius 2 is 2.55 bits per heavy atom. The minimum absolute atomic E-state index is 0.0362. The van der Waals surface area contributed by atoms with Crippen LogP contribution in [0.3, 0.4) is 0 Å². The van der Waals surface area contributed by atoms with Crippen LogP contribution in [0.15, 0.2) is 24.2 Å². The first-order valence-electron chi connectivity index (χ1n) is 11.7. The lowest BCUT2D eigenvalue weighted by Gasteiger charge is -2.56. The summed E-state index contributed by atoms with van der Waals surface area (Å²) >= 11 is 0. The molecular formula is C18H21NO3. The number of aliphatic hydroxyl groups is 1. The molecular weight excluding hydrogens is 278 g/mol. The first kappa shape index (κ1) is 6.93. The molecule has 2 aliphatic carbocycles. The molecule has 2 aliphatic heterocycles. The number of ether oxygens (including phenoxy) is 2. The van der Waals surface area contributed by atoms with Crippen molar-refractivity contribution in [2.75, 3.05) is 20.6 Å². The van der Waals surface area contributed by atoms with E-state index in [0.29, 0.717) is 5.56 Å². The van der Waals surface area contributed by atoms with E-state index in [0.717, 1.165) is 4.90 Å². The zero-order chi connectivity index (χ0) is 22.8. The number of nitrogens with zero attached hydrogens (tertiary/aromatic N) is 1. The Morgan fingerprint density at radius 3 is 3.36 bits per heavy atom. The molecule has 4 nitrogen and oxygen atoms in total. The van der Waals surface area contributed by atoms with Crippen molar-refractivity contribution in [1.82, 2.24) is 4.90 Å². The predicted octanol–water partition coefficient (Wildman–Crippen LogP) is 1.50. The molecule has 22 heavy (non-hydrogen) atoms. The zero-order valence-corrected chi connectivity index (χ0v) is 12.0. The van der Waals surface area contributed by atoms with Crippen LogP contribution in [0.4, 0.5) is 0 Å². The van der Waals surface area contributed by atoms with Gasteiger partial charge < -0.3 is 19.5 Å². The third kappa shape index (κ3) is 1.28. The van der Waals surface area contributed by atoms with Crippen LogP contribution in [0.1, 0.15) is 28.5 Å². The topological polar surface area (TPSA) is 41.9 Å². The van der Waals surface area contributed by atoms with Crippen molar-refractivity contribution in [2.45, 2.75) is 36.4 Å². The van der Waals surface area contributed by atoms with Crippen LogP contribution in [0.2, 0.25) is 0 Å². The van der Waals surface area contributed by atoms with Crippen LogP contribution in [0.25, 0.3) is 0 Å². The summed E-state index contributed by atoms with van der Waals surface area (Å²) in [6.07, 6.45) is -1.99. The van der Waals surface area contributed by atoms with Crippen LogP contribution in [0.5, 0.6) is 11.5 Å². The number of hydrogen-bond donors (Lipinski definition) is 1. The molecule has 0 aromatic heterocycles. The second kappa shape index (κ2) is 4.06. The van der Waals surface area contributed by atoms with Gasteiger partial charge in [-0.05, 0) is 38.0 Å². The SMILES string of the molecule is [2H]OC1([2H])C=C[C@H]2[C@@]3([2H])Cc4c([2H])c([2H])c(OC)c5c4[C@@]2(CCN3C([2H])([2H])[2H])C1([2H])O5. The molecule has 0 radical (unpaired) electrons. The van der Waals surface area contributed by atoms with Gasteiger partial charge in [-0.15, -0.1) is 0 Å². The van der Waals surface area contributed by atoms with Gasteiger partial charge in [-0.25, -0.2) is 0 Å². The van der Waals surface area contributed by atoms with E-state index in [4.69, 9.17) is 19.1 Å². The molecule has 5 rings (SSSR count). The van der Waals surface area contributed by atoms with Crippen LogP contribution in [0, 0.1) is 5.92 Å². The molecule has 1 aromatic rings. The average Bonchev–Trinajstić information content (AvgIpc) is 2.94. The zero-order valence-electron chi connectivity index (χ0n) is 21.0. The summed E-state index contributed by atoms with van der Waals surface area (Å²) in [6, 6.07) is -2.29. The van der Waals surface area contributed by atoms with Gasteiger partial charge in [0.15, 0.2) is 11.5 Å². The fraction of sp³-hybridized carbons (Fsp3) is 0.556. The van der Waals surface area contributed by atoms with E-state index in [1.54, 1.807) is 0 Å². The number of methoxy groups -OCH3 is 1. The molecule has 1 saturated heterocycles. The highest BCUT2D eigenvalue weighted by Gasteiger charge is 2.64. The Balaban J connectivity index is 1.92. The van der Waals surface area contributed by atoms with Crippen molar-refractivity contribution in [3.05, 3.63) is 35.4 Å². The number of piperidine rings is 1. The standard InChI is InChI=1S/C18H21NO3/c1-19-8-7-18-11-4-5-13(20)17(18)22-16-14(21-2)6-3-10(15(16)18)9-12(11)19/h3-6,11-13,17,20H,7-9H2,1-2H3/t11-,12+,13?,17?,18-/m0/s1/i1D3,3D,6D,12D,13D,17D,20D. The van der Waals surface area contributed by atoms with Gasteiger partial charge in [-0.1, -0.05) is 18.2 Å². The summed E-state index contributed by atoms with van der Waals surface area (Å²) < 4.78 is 87.1. The van der Waals surface area contributed by atoms with E-state index < -0.39 is 36.5 Å². The maximum absolute atomic E-state index is 9.32. The van der Waals surface area contributed by atoms with Gasteiger partial charge in [0.05, 0.1) is 12.6 Å². The van der Waals surface area contributed by atoms with Crippen LogP contribution in [-0.4, -0.2) is 50.2 Å². The van der Waals surface area contributed by atoms with Gasteiger partial charge in [0.2, 0.25) is 1.43 Å². The van der Waals surface area contributed by atoms with Crippen molar-refractivity contribution in [3.63, 3.8) is 0 Å². The number of likely N-dealkylation sites (tertiary alicyclic amines) is 1. The highest BCUT2D eigenvalue weighted by Crippen LogP contribution is 2.62. The van der Waals surface area contributed by atoms with Crippen molar-refractivity contribution in [1.29, 1.82) is 1.43 Å². The molecule has 2 heterocycles. The second-order valence-electron chi connectivity index (χ2n) is 6.14. The fourth-order valence-electron chi connectivity index (χ4n) is 4.42. The molecule has 1 N–H and O–H groups in total. The van der Waals surface area contributed by atoms with Crippen molar-refractivity contribution in [3.8, 4) is 11.5 Å². The van der Waals surface area contributed by atoms with E-state index in [1.807, 2.05) is 0 Å². The van der Waals surface area contributed by atoms with Gasteiger partial charge in [-0.3, -0.25) is 0 Å². The number of rotatable bonds is 2. The minimum Gasteiger partial charge on any atom is -0.493 e. The van der Waals surface area contributed by atoms with Crippen molar-refractivity contribution >= 4 is 0 Å². The fourth-order valence-corrected chi connectivity index (χ4v) is 4.42. The lowest BCUT2D eigenvalue weighted by atomic mass is 9.53. The average molecular weight is 308 g/mol. The quantitative estimate of drug-likeness (QED) is 0.841. The normalized spacial score (nSPS) is 57.5. The second-order valence-corrected chi connectivity index (χ2v) is 6.14. The maximum Gasteiger partial charge on any atom is 0.211 e. The molecule has 2 bridgehead atoms. The lowest BCUT2D eigenvalue weighted by molar-refractivity contribution is -0.0453. The van der Waals surface area contributed by atoms with Crippen LogP contribution in [-0.2, 0) is 11.8 Å². The predicted molar refractivity (Wildman–Crippen MR) is 82.5 cm³/mol. The van der Waals surface area contributed by atoms with Crippen LogP contribution < -0.4 is 9.47 Å². The molecule has 1 aromatic carbocycles. The maximum atomic E-state index is 9.32. The molecule has 4 aliphatic rings. The van der Waals surface area contributed by atoms with E-state index >= 15 is 0 Å². The first-order valence-corrected chi connectivity index (χ1v) is 7.33. The number of hydrogen-bond acceptors (Lipinski definition) is 4. The van der Waals surface area contributed by atoms with Crippen LogP contribution >= 0.6 is 0 Å². The summed E-state index contributed by atoms with van der Waals surface area (Å²) in [4.78, 5) is 1.09. The Labute approximate surface area is 143 Å². The molecule has 0 amide bonds. The highest BCUT2D eigenvalue weighted by molar-refractivity contribution is 5.62. The van der Waals surface area contributed by atoms with E-state index in [9.17, 15) is 2.74 Å². The van der Waals surface area contributed by atoms with E-state index in [2.05, 4.69) is 5.11 Å². The minimum atomic E-state index is -2.60. The summed E-state index contributed by atoms with van der Waals surface area (Å²) in [7, 11) is 1.31. The lowest BCUT2D eigenvalue weighted by Crippen LogP contribution is -2.64. The smallest absolute Gasteiger partial charge is 0.211 e. The van der Waals surface area contributed by atoms with Crippen molar-refractivity contribution in [2.24, 2.45) is 5.92 Å². The van der Waals surface area contributed by atoms with Gasteiger partial charge in [0.25, 0.3) is 0 Å². The number of likely N-dealkylation sites (N-methyl/N-ethyl adjacent to an activating group) is 1. The summed E-state index contributed by atoms with van der Waals surface area (Å²) in [5.41, 5.74) is -0.775. The molecule has 0 saturated carbocycles. The molecule has 5 atom stereocenters. The largest absolute Gasteiger partial charge is 0.493 e. The molecule has 1 fully saturated rings. The molecule has 1 spiro atoms. The molecule has 116 valence electrons. The summed E-state index contributed by atoms with van der Waals surface area (Å²) in [6.45, 7) is -2.67. The third-order valence-corrected chi connectivity index (χ3v) is 5.31. The molecule has 2 unspecified atom stereocenters. The van der Waals surface area contributed by atoms with Gasteiger partial charge in [-0.2, -0.15) is 0 Å². The Morgan fingerprint density at radius 1 is 1.59 bits per heavy atom. The highest BCUT2D eigenvalue weighted by atomic mass is 16.5. The first-order chi connectivity index (χ1) is 14.3. The van der Waals surface area contributed by atoms with Gasteiger partial charge in [0, 0.05) is 28.4 Å². The van der Waals surface area contributed by atoms with E-state index in [1.165, 1.54) is 19.3 Å².